The molecule has 36 heavy (non-hydrogen) atoms. The first kappa shape index (κ1) is 24.2. The Hall–Kier alpha value is -3.46. The average molecular weight is 515 g/mol. The number of anilines is 1. The van der Waals surface area contributed by atoms with Crippen LogP contribution in [-0.4, -0.2) is 52.1 Å². The van der Waals surface area contributed by atoms with Crippen LogP contribution in [0.3, 0.4) is 0 Å². The molecule has 2 atom stereocenters. The van der Waals surface area contributed by atoms with Crippen LogP contribution in [-0.2, 0) is 11.3 Å². The molecule has 0 radical (unpaired) electrons. The molecule has 3 aromatic rings. The molecule has 1 saturated heterocycles. The Morgan fingerprint density at radius 3 is 2.72 bits per heavy atom. The van der Waals surface area contributed by atoms with Gasteiger partial charge in [0.1, 0.15) is 17.5 Å². The van der Waals surface area contributed by atoms with Gasteiger partial charge >= 0.3 is 5.69 Å². The summed E-state index contributed by atoms with van der Waals surface area (Å²) in [7, 11) is 0. The summed E-state index contributed by atoms with van der Waals surface area (Å²) in [5.41, 5.74) is 0.351. The minimum Gasteiger partial charge on any atom is -0.491 e. The van der Waals surface area contributed by atoms with Gasteiger partial charge in [0.25, 0.3) is 0 Å². The van der Waals surface area contributed by atoms with Gasteiger partial charge in [-0.2, -0.15) is 4.98 Å². The quantitative estimate of drug-likeness (QED) is 0.485. The lowest BCUT2D eigenvalue weighted by atomic mass is 10.00. The van der Waals surface area contributed by atoms with E-state index < -0.39 is 17.3 Å². The Kier molecular flexibility index (Phi) is 6.20. The third kappa shape index (κ3) is 3.91. The molecule has 5 rings (SSSR count). The molecule has 2 aromatic carbocycles. The summed E-state index contributed by atoms with van der Waals surface area (Å²) in [6, 6.07) is 4.60. The predicted molar refractivity (Wildman–Crippen MR) is 135 cm³/mol. The lowest BCUT2D eigenvalue weighted by Crippen LogP contribution is -2.58. The van der Waals surface area contributed by atoms with E-state index in [1.54, 1.807) is 11.0 Å². The molecule has 0 N–H and O–H groups in total. The van der Waals surface area contributed by atoms with Crippen LogP contribution in [0.5, 0.6) is 5.75 Å². The smallest absolute Gasteiger partial charge is 0.350 e. The Balaban J connectivity index is 1.74. The molecule has 0 saturated carbocycles. The molecule has 1 aromatic heterocycles. The topological polar surface area (TPSA) is 67.7 Å². The van der Waals surface area contributed by atoms with E-state index in [2.05, 4.69) is 11.6 Å². The standard InChI is InChI=1S/C26H25ClF2N4O3/c1-4-21(34)32-12-15(3)33(13-14(32)2)25-18-11-19(27)22(17-7-6-16(28)10-20(17)29)24-23(18)31(26(35)30-25)8-5-9-36-24/h4,6-7,10-11,14-15H,1,5,8-9,12-13H2,2-3H3/t14-,15+/m1/s1. The van der Waals surface area contributed by atoms with E-state index in [0.29, 0.717) is 42.8 Å². The molecule has 1 fully saturated rings. The van der Waals surface area contributed by atoms with E-state index in [1.807, 2.05) is 18.7 Å². The summed E-state index contributed by atoms with van der Waals surface area (Å²) in [6.45, 7) is 8.99. The second-order valence-corrected chi connectivity index (χ2v) is 9.61. The van der Waals surface area contributed by atoms with E-state index in [0.717, 1.165) is 12.1 Å². The number of aromatic nitrogens is 2. The third-order valence-electron chi connectivity index (χ3n) is 6.84. The lowest BCUT2D eigenvalue weighted by Gasteiger charge is -2.44. The average Bonchev–Trinajstić information content (AvgIpc) is 3.07. The van der Waals surface area contributed by atoms with Crippen LogP contribution < -0.4 is 15.3 Å². The number of piperazine rings is 1. The van der Waals surface area contributed by atoms with E-state index in [-0.39, 0.29) is 46.5 Å². The van der Waals surface area contributed by atoms with E-state index in [9.17, 15) is 18.4 Å². The van der Waals surface area contributed by atoms with Gasteiger partial charge in [-0.1, -0.05) is 18.2 Å². The molecule has 0 spiro atoms. The number of aryl methyl sites for hydroxylation is 1. The van der Waals surface area contributed by atoms with Crippen LogP contribution in [0.15, 0.2) is 41.7 Å². The maximum atomic E-state index is 14.8. The molecule has 1 amide bonds. The fourth-order valence-electron chi connectivity index (χ4n) is 5.11. The number of benzene rings is 2. The highest BCUT2D eigenvalue weighted by Gasteiger charge is 2.34. The number of amides is 1. The summed E-state index contributed by atoms with van der Waals surface area (Å²) in [5, 5.41) is 0.782. The van der Waals surface area contributed by atoms with Gasteiger partial charge in [0.2, 0.25) is 5.91 Å². The molecule has 3 heterocycles. The largest absolute Gasteiger partial charge is 0.491 e. The molecule has 2 aliphatic rings. The monoisotopic (exact) mass is 514 g/mol. The zero-order valence-corrected chi connectivity index (χ0v) is 20.7. The normalized spacial score (nSPS) is 19.7. The van der Waals surface area contributed by atoms with Crippen molar-refractivity contribution < 1.29 is 18.3 Å². The number of carbonyl (C=O) groups is 1. The van der Waals surface area contributed by atoms with Crippen molar-refractivity contribution in [2.24, 2.45) is 0 Å². The van der Waals surface area contributed by atoms with Crippen LogP contribution in [0.1, 0.15) is 20.3 Å². The fraction of sp³-hybridized carbons (Fsp3) is 0.346. The number of ether oxygens (including phenoxy) is 1. The van der Waals surface area contributed by atoms with Crippen LogP contribution in [0.4, 0.5) is 14.6 Å². The van der Waals surface area contributed by atoms with Crippen molar-refractivity contribution >= 4 is 34.2 Å². The Bertz CT molecular complexity index is 1460. The Morgan fingerprint density at radius 2 is 2.00 bits per heavy atom. The number of carbonyl (C=O) groups excluding carboxylic acids is 1. The molecule has 2 aliphatic heterocycles. The van der Waals surface area contributed by atoms with Gasteiger partial charge in [-0.15, -0.1) is 0 Å². The van der Waals surface area contributed by atoms with Crippen molar-refractivity contribution in [2.45, 2.75) is 38.9 Å². The van der Waals surface area contributed by atoms with Crippen LogP contribution >= 0.6 is 11.6 Å². The summed E-state index contributed by atoms with van der Waals surface area (Å²) >= 11 is 6.72. The number of hydrogen-bond donors (Lipinski definition) is 0. The molecule has 0 bridgehead atoms. The van der Waals surface area contributed by atoms with Crippen molar-refractivity contribution in [1.82, 2.24) is 14.5 Å². The second kappa shape index (κ2) is 9.20. The summed E-state index contributed by atoms with van der Waals surface area (Å²) in [5.74, 6) is -0.953. The van der Waals surface area contributed by atoms with Crippen LogP contribution in [0.2, 0.25) is 5.02 Å². The van der Waals surface area contributed by atoms with Crippen molar-refractivity contribution in [2.75, 3.05) is 24.6 Å². The number of rotatable bonds is 3. The molecule has 188 valence electrons. The van der Waals surface area contributed by atoms with Gasteiger partial charge in [-0.05, 0) is 44.5 Å². The third-order valence-corrected chi connectivity index (χ3v) is 7.14. The van der Waals surface area contributed by atoms with Gasteiger partial charge in [-0.25, -0.2) is 13.6 Å². The summed E-state index contributed by atoms with van der Waals surface area (Å²) in [6.07, 6.45) is 1.84. The van der Waals surface area contributed by atoms with E-state index in [1.165, 1.54) is 16.7 Å². The molecule has 10 heteroatoms. The van der Waals surface area contributed by atoms with Gasteiger partial charge in [0.05, 0.1) is 17.1 Å². The fourth-order valence-corrected chi connectivity index (χ4v) is 5.41. The highest BCUT2D eigenvalue weighted by Crippen LogP contribution is 2.46. The summed E-state index contributed by atoms with van der Waals surface area (Å²) in [4.78, 5) is 33.7. The van der Waals surface area contributed by atoms with Crippen LogP contribution in [0.25, 0.3) is 22.0 Å². The predicted octanol–water partition coefficient (Wildman–Crippen LogP) is 4.39. The van der Waals surface area contributed by atoms with Gasteiger partial charge in [0, 0.05) is 54.3 Å². The maximum Gasteiger partial charge on any atom is 0.350 e. The van der Waals surface area contributed by atoms with Gasteiger partial charge in [-0.3, -0.25) is 9.36 Å². The highest BCUT2D eigenvalue weighted by molar-refractivity contribution is 6.35. The van der Waals surface area contributed by atoms with E-state index >= 15 is 0 Å². The van der Waals surface area contributed by atoms with Crippen molar-refractivity contribution in [1.29, 1.82) is 0 Å². The molecule has 0 aliphatic carbocycles. The minimum absolute atomic E-state index is 0.0797. The number of hydrogen-bond acceptors (Lipinski definition) is 5. The zero-order valence-electron chi connectivity index (χ0n) is 19.9. The first-order valence-corrected chi connectivity index (χ1v) is 12.1. The number of halogens is 3. The lowest BCUT2D eigenvalue weighted by molar-refractivity contribution is -0.128. The first-order chi connectivity index (χ1) is 17.2. The molecular formula is C26H25ClF2N4O3. The SMILES string of the molecule is C=CC(=O)N1C[C@H](C)N(c2nc(=O)n3c4c(c(-c5ccc(F)cc5F)c(Cl)cc24)OCCC3)C[C@H]1C. The zero-order chi connectivity index (χ0) is 25.7. The van der Waals surface area contributed by atoms with Crippen LogP contribution in [0, 0.1) is 11.6 Å². The summed E-state index contributed by atoms with van der Waals surface area (Å²) < 4.78 is 36.1. The molecule has 0 unspecified atom stereocenters. The van der Waals surface area contributed by atoms with Gasteiger partial charge in [0.15, 0.2) is 5.75 Å². The highest BCUT2D eigenvalue weighted by atomic mass is 35.5. The van der Waals surface area contributed by atoms with Crippen molar-refractivity contribution in [3.63, 3.8) is 0 Å². The second-order valence-electron chi connectivity index (χ2n) is 9.20. The molecule has 7 nitrogen and oxygen atoms in total. The Labute approximate surface area is 211 Å². The van der Waals surface area contributed by atoms with Crippen molar-refractivity contribution in [3.05, 3.63) is 64.1 Å². The Morgan fingerprint density at radius 1 is 1.22 bits per heavy atom. The van der Waals surface area contributed by atoms with Gasteiger partial charge < -0.3 is 14.5 Å². The first-order valence-electron chi connectivity index (χ1n) is 11.8. The molecular weight excluding hydrogens is 490 g/mol. The van der Waals surface area contributed by atoms with E-state index in [4.69, 9.17) is 16.3 Å². The minimum atomic E-state index is -0.783. The number of nitrogens with zero attached hydrogens (tertiary/aromatic N) is 4. The van der Waals surface area contributed by atoms with Crippen molar-refractivity contribution in [3.8, 4) is 16.9 Å². The maximum absolute atomic E-state index is 14.8.